The van der Waals surface area contributed by atoms with E-state index in [9.17, 15) is 17.3 Å². The summed E-state index contributed by atoms with van der Waals surface area (Å²) in [6.07, 6.45) is 1.76. The van der Waals surface area contributed by atoms with Gasteiger partial charge in [-0.15, -0.1) is 0 Å². The predicted octanol–water partition coefficient (Wildman–Crippen LogP) is 0.699. The number of hydrogen-bond acceptors (Lipinski definition) is 1. The number of hydrogen-bond donors (Lipinski definition) is 0. The molecule has 19 heavy (non-hydrogen) atoms. The first-order chi connectivity index (χ1) is 8.30. The van der Waals surface area contributed by atoms with Crippen molar-refractivity contribution >= 4 is 12.4 Å². The zero-order valence-corrected chi connectivity index (χ0v) is 14.6. The molecule has 0 aromatic heterocycles. The van der Waals surface area contributed by atoms with Crippen LogP contribution in [0.5, 0.6) is 5.75 Å². The third-order valence-corrected chi connectivity index (χ3v) is 2.52. The van der Waals surface area contributed by atoms with Crippen LogP contribution in [-0.4, -0.2) is 13.6 Å². The Bertz CT molecular complexity index is 396. The van der Waals surface area contributed by atoms with Crippen molar-refractivity contribution in [2.75, 3.05) is 6.61 Å². The molecule has 0 aliphatic heterocycles. The molecule has 0 heterocycles. The van der Waals surface area contributed by atoms with Crippen LogP contribution in [0.4, 0.5) is 17.3 Å². The van der Waals surface area contributed by atoms with Gasteiger partial charge in [0.15, 0.2) is 0 Å². The molecule has 0 fully saturated rings. The van der Waals surface area contributed by atoms with E-state index in [1.54, 1.807) is 0 Å². The van der Waals surface area contributed by atoms with Gasteiger partial charge in [0.2, 0.25) is 0 Å². The quantitative estimate of drug-likeness (QED) is 0.427. The van der Waals surface area contributed by atoms with E-state index in [0.717, 1.165) is 31.0 Å². The van der Waals surface area contributed by atoms with Gasteiger partial charge in [0, 0.05) is 6.07 Å². The number of ether oxygens (including phenoxy) is 1. The van der Waals surface area contributed by atoms with Gasteiger partial charge in [-0.2, -0.15) is 0 Å². The van der Waals surface area contributed by atoms with Gasteiger partial charge in [-0.1, -0.05) is 25.4 Å². The number of rotatable bonds is 6. The van der Waals surface area contributed by atoms with Crippen LogP contribution in [0.15, 0.2) is 18.2 Å². The van der Waals surface area contributed by atoms with Gasteiger partial charge >= 0.3 is 58.4 Å². The van der Waals surface area contributed by atoms with E-state index in [2.05, 4.69) is 13.8 Å². The first-order valence-electron chi connectivity index (χ1n) is 5.93. The van der Waals surface area contributed by atoms with Gasteiger partial charge in [-0.3, -0.25) is 0 Å². The Balaban J connectivity index is 0.00000324. The van der Waals surface area contributed by atoms with Gasteiger partial charge in [-0.05, 0) is 24.8 Å². The molecule has 1 aromatic rings. The summed E-state index contributed by atoms with van der Waals surface area (Å²) in [5.74, 6) is -0.593. The van der Waals surface area contributed by atoms with Crippen LogP contribution in [0.3, 0.4) is 0 Å². The van der Waals surface area contributed by atoms with Crippen molar-refractivity contribution in [3.05, 3.63) is 24.0 Å². The van der Waals surface area contributed by atoms with Gasteiger partial charge in [-0.25, -0.2) is 4.39 Å². The molecule has 1 aromatic carbocycles. The van der Waals surface area contributed by atoms with Crippen LogP contribution in [0.25, 0.3) is 0 Å². The van der Waals surface area contributed by atoms with E-state index in [1.807, 2.05) is 0 Å². The second-order valence-corrected chi connectivity index (χ2v) is 4.64. The van der Waals surface area contributed by atoms with Crippen LogP contribution >= 0.6 is 0 Å². The van der Waals surface area contributed by atoms with Gasteiger partial charge in [0.1, 0.15) is 5.75 Å². The van der Waals surface area contributed by atoms with E-state index in [4.69, 9.17) is 4.74 Å². The first kappa shape index (κ1) is 19.4. The molecule has 0 aliphatic rings. The molecule has 0 saturated heterocycles. The number of halogens is 4. The summed E-state index contributed by atoms with van der Waals surface area (Å²) in [5.41, 5.74) is -1.20. The minimum absolute atomic E-state index is 0. The minimum atomic E-state index is -5.30. The number of benzene rings is 1. The molecule has 0 spiro atoms. The summed E-state index contributed by atoms with van der Waals surface area (Å²) in [6.45, 7) is -0.783. The SMILES string of the molecule is CC(C)CCCOc1ccc([B-](F)(F)F)c(F)c1.[K+]. The fraction of sp³-hybridized carbons (Fsp3) is 0.500. The van der Waals surface area contributed by atoms with E-state index < -0.39 is 18.3 Å². The second kappa shape index (κ2) is 8.67. The largest absolute Gasteiger partial charge is 1.00 e. The average molecular weight is 302 g/mol. The van der Waals surface area contributed by atoms with Crippen molar-refractivity contribution in [2.24, 2.45) is 5.92 Å². The second-order valence-electron chi connectivity index (χ2n) is 4.64. The van der Waals surface area contributed by atoms with Crippen molar-refractivity contribution in [1.29, 1.82) is 0 Å². The molecule has 1 nitrogen and oxygen atoms in total. The normalized spacial score (nSPS) is 11.3. The fourth-order valence-corrected chi connectivity index (χ4v) is 1.54. The maximum atomic E-state index is 13.2. The summed E-state index contributed by atoms with van der Waals surface area (Å²) in [5, 5.41) is 0. The minimum Gasteiger partial charge on any atom is -0.493 e. The molecule has 0 N–H and O–H groups in total. The van der Waals surface area contributed by atoms with Crippen LogP contribution in [0, 0.1) is 11.7 Å². The van der Waals surface area contributed by atoms with Gasteiger partial charge < -0.3 is 17.7 Å². The van der Waals surface area contributed by atoms with Crippen molar-refractivity contribution < 1.29 is 73.5 Å². The van der Waals surface area contributed by atoms with Gasteiger partial charge in [0.25, 0.3) is 0 Å². The van der Waals surface area contributed by atoms with E-state index in [-0.39, 0.29) is 57.1 Å². The molecule has 0 radical (unpaired) electrons. The van der Waals surface area contributed by atoms with E-state index >= 15 is 0 Å². The third kappa shape index (κ3) is 7.13. The third-order valence-electron chi connectivity index (χ3n) is 2.52. The Kier molecular flexibility index (Phi) is 8.87. The Morgan fingerprint density at radius 2 is 1.84 bits per heavy atom. The zero-order chi connectivity index (χ0) is 13.8. The summed E-state index contributed by atoms with van der Waals surface area (Å²) < 4.78 is 55.5. The predicted molar refractivity (Wildman–Crippen MR) is 64.7 cm³/mol. The van der Waals surface area contributed by atoms with Crippen LogP contribution < -0.4 is 61.6 Å². The molecule has 0 aliphatic carbocycles. The first-order valence-corrected chi connectivity index (χ1v) is 5.93. The zero-order valence-electron chi connectivity index (χ0n) is 11.4. The Morgan fingerprint density at radius 3 is 2.32 bits per heavy atom. The van der Waals surface area contributed by atoms with Crippen molar-refractivity contribution in [3.63, 3.8) is 0 Å². The summed E-state index contributed by atoms with van der Waals surface area (Å²) in [6, 6.07) is 2.68. The molecule has 7 heteroatoms. The molecular weight excluding hydrogens is 286 g/mol. The van der Waals surface area contributed by atoms with E-state index in [1.165, 1.54) is 0 Å². The molecule has 102 valence electrons. The summed E-state index contributed by atoms with van der Waals surface area (Å²) in [4.78, 5) is 0. The van der Waals surface area contributed by atoms with E-state index in [0.29, 0.717) is 12.5 Å². The monoisotopic (exact) mass is 302 g/mol. The van der Waals surface area contributed by atoms with Crippen molar-refractivity contribution in [1.82, 2.24) is 0 Å². The Hall–Kier alpha value is 0.441. The Labute approximate surface area is 153 Å². The summed E-state index contributed by atoms with van der Waals surface area (Å²) in [7, 11) is 0. The van der Waals surface area contributed by atoms with Crippen molar-refractivity contribution in [2.45, 2.75) is 26.7 Å². The maximum Gasteiger partial charge on any atom is 1.00 e. The van der Waals surface area contributed by atoms with Gasteiger partial charge in [0.05, 0.1) is 12.4 Å². The van der Waals surface area contributed by atoms with Crippen molar-refractivity contribution in [3.8, 4) is 5.75 Å². The molecule has 0 bridgehead atoms. The molecule has 0 atom stereocenters. The van der Waals surface area contributed by atoms with Crippen LogP contribution in [0.1, 0.15) is 26.7 Å². The fourth-order valence-electron chi connectivity index (χ4n) is 1.54. The Morgan fingerprint density at radius 1 is 1.21 bits per heavy atom. The smallest absolute Gasteiger partial charge is 0.493 e. The molecule has 0 amide bonds. The maximum absolute atomic E-state index is 13.2. The van der Waals surface area contributed by atoms with Crippen LogP contribution in [0.2, 0.25) is 0 Å². The molecule has 1 rings (SSSR count). The molecule has 0 saturated carbocycles. The van der Waals surface area contributed by atoms with Crippen LogP contribution in [-0.2, 0) is 0 Å². The molecular formula is C12H16BF4KO. The average Bonchev–Trinajstić information content (AvgIpc) is 2.22. The summed E-state index contributed by atoms with van der Waals surface area (Å²) >= 11 is 0. The standard InChI is InChI=1S/C12H16BF4O.K/c1-9(2)4-3-7-18-10-5-6-11(12(14)8-10)13(15,16)17;/h5-6,8-9H,3-4,7H2,1-2H3;/q-1;+1. The molecule has 0 unspecified atom stereocenters. The topological polar surface area (TPSA) is 9.23 Å².